The lowest BCUT2D eigenvalue weighted by atomic mass is 9.63. The number of anilines is 1. The molecule has 0 radical (unpaired) electrons. The van der Waals surface area contributed by atoms with Crippen LogP contribution in [0.25, 0.3) is 10.9 Å². The zero-order valence-electron chi connectivity index (χ0n) is 13.4. The van der Waals surface area contributed by atoms with Crippen LogP contribution in [0.5, 0.6) is 0 Å². The van der Waals surface area contributed by atoms with Gasteiger partial charge in [-0.2, -0.15) is 5.26 Å². The minimum atomic E-state index is -0.367. The van der Waals surface area contributed by atoms with Crippen molar-refractivity contribution in [1.82, 2.24) is 9.97 Å². The van der Waals surface area contributed by atoms with Gasteiger partial charge in [0.1, 0.15) is 11.6 Å². The van der Waals surface area contributed by atoms with Crippen molar-refractivity contribution in [2.75, 3.05) is 18.0 Å². The Morgan fingerprint density at radius 1 is 1.33 bits per heavy atom. The minimum Gasteiger partial charge on any atom is -0.370 e. The van der Waals surface area contributed by atoms with E-state index in [-0.39, 0.29) is 11.1 Å². The lowest BCUT2D eigenvalue weighted by Crippen LogP contribution is -2.44. The van der Waals surface area contributed by atoms with Crippen LogP contribution in [0.15, 0.2) is 17.1 Å². The molecule has 0 unspecified atom stereocenters. The van der Waals surface area contributed by atoms with Gasteiger partial charge < -0.3 is 15.3 Å². The molecule has 1 saturated heterocycles. The van der Waals surface area contributed by atoms with Crippen LogP contribution in [-0.4, -0.2) is 29.3 Å². The van der Waals surface area contributed by atoms with Crippen molar-refractivity contribution in [2.24, 2.45) is 5.41 Å². The van der Waals surface area contributed by atoms with Gasteiger partial charge in [-0.05, 0) is 37.2 Å². The summed E-state index contributed by atoms with van der Waals surface area (Å²) in [6.45, 7) is 1.74. The molecule has 0 atom stereocenters. The van der Waals surface area contributed by atoms with Gasteiger partial charge in [-0.3, -0.25) is 9.78 Å². The van der Waals surface area contributed by atoms with Crippen LogP contribution < -0.4 is 10.5 Å². The second-order valence-corrected chi connectivity index (χ2v) is 6.93. The Balaban J connectivity index is 1.84. The quantitative estimate of drug-likeness (QED) is 0.831. The molecule has 0 aromatic carbocycles. The van der Waals surface area contributed by atoms with Crippen LogP contribution >= 0.6 is 0 Å². The lowest BCUT2D eigenvalue weighted by molar-refractivity contribution is 0.0956. The molecule has 1 spiro atoms. The number of nitrogens with zero attached hydrogens (tertiary/aromatic N) is 3. The second-order valence-electron chi connectivity index (χ2n) is 6.93. The molecule has 0 amide bonds. The van der Waals surface area contributed by atoms with Crippen LogP contribution in [0.2, 0.25) is 0 Å². The number of rotatable bonds is 2. The average molecular weight is 321 g/mol. The summed E-state index contributed by atoms with van der Waals surface area (Å²) in [4.78, 5) is 21.3. The number of fused-ring (bicyclic) bond motifs is 1. The summed E-state index contributed by atoms with van der Waals surface area (Å²) in [6, 6.07) is 3.86. The largest absolute Gasteiger partial charge is 0.370 e. The Bertz CT molecular complexity index is 909. The Labute approximate surface area is 139 Å². The summed E-state index contributed by atoms with van der Waals surface area (Å²) in [7, 11) is 0. The van der Waals surface area contributed by atoms with E-state index < -0.39 is 0 Å². The SMILES string of the molecule is N#Cc1c(N2CCC3(CCC3)CC2)c2cc(C=N)ncc2[nH]c1=O. The third-order valence-electron chi connectivity index (χ3n) is 5.71. The summed E-state index contributed by atoms with van der Waals surface area (Å²) in [5.74, 6) is 0. The Morgan fingerprint density at radius 3 is 2.67 bits per heavy atom. The summed E-state index contributed by atoms with van der Waals surface area (Å²) in [5.41, 5.74) is 2.14. The molecule has 4 rings (SSSR count). The number of piperidine rings is 1. The zero-order chi connectivity index (χ0) is 16.7. The molecular weight excluding hydrogens is 302 g/mol. The fraction of sp³-hybridized carbons (Fsp3) is 0.444. The van der Waals surface area contributed by atoms with Gasteiger partial charge in [-0.1, -0.05) is 6.42 Å². The second kappa shape index (κ2) is 5.45. The van der Waals surface area contributed by atoms with E-state index in [0.29, 0.717) is 22.3 Å². The number of nitriles is 1. The van der Waals surface area contributed by atoms with Crippen molar-refractivity contribution in [3.8, 4) is 6.07 Å². The van der Waals surface area contributed by atoms with Crippen LogP contribution in [0.3, 0.4) is 0 Å². The molecule has 2 N–H and O–H groups in total. The van der Waals surface area contributed by atoms with Crippen molar-refractivity contribution in [3.63, 3.8) is 0 Å². The van der Waals surface area contributed by atoms with Crippen molar-refractivity contribution < 1.29 is 0 Å². The third-order valence-corrected chi connectivity index (χ3v) is 5.71. The highest BCUT2D eigenvalue weighted by atomic mass is 16.1. The van der Waals surface area contributed by atoms with Gasteiger partial charge in [0.25, 0.3) is 5.56 Å². The molecule has 2 aromatic heterocycles. The summed E-state index contributed by atoms with van der Waals surface area (Å²) < 4.78 is 0. The van der Waals surface area contributed by atoms with E-state index in [4.69, 9.17) is 5.41 Å². The molecule has 1 saturated carbocycles. The van der Waals surface area contributed by atoms with Crippen LogP contribution in [0.1, 0.15) is 43.4 Å². The first-order valence-corrected chi connectivity index (χ1v) is 8.37. The van der Waals surface area contributed by atoms with E-state index in [1.54, 1.807) is 12.3 Å². The number of pyridine rings is 2. The maximum Gasteiger partial charge on any atom is 0.268 e. The average Bonchev–Trinajstić information content (AvgIpc) is 2.59. The van der Waals surface area contributed by atoms with E-state index >= 15 is 0 Å². The zero-order valence-corrected chi connectivity index (χ0v) is 13.4. The van der Waals surface area contributed by atoms with Crippen LogP contribution in [0, 0.1) is 22.2 Å². The maximum absolute atomic E-state index is 12.3. The summed E-state index contributed by atoms with van der Waals surface area (Å²) in [6.07, 6.45) is 8.93. The Morgan fingerprint density at radius 2 is 2.08 bits per heavy atom. The Hall–Kier alpha value is -2.68. The van der Waals surface area contributed by atoms with E-state index in [2.05, 4.69) is 20.9 Å². The number of nitrogens with one attached hydrogen (secondary N) is 2. The molecule has 122 valence electrons. The topological polar surface area (TPSA) is 96.6 Å². The first-order valence-electron chi connectivity index (χ1n) is 8.37. The van der Waals surface area contributed by atoms with Gasteiger partial charge in [-0.15, -0.1) is 0 Å². The number of H-pyrrole nitrogens is 1. The van der Waals surface area contributed by atoms with Crippen molar-refractivity contribution in [2.45, 2.75) is 32.1 Å². The molecule has 2 aromatic rings. The van der Waals surface area contributed by atoms with Gasteiger partial charge in [0.15, 0.2) is 0 Å². The first kappa shape index (κ1) is 14.9. The molecule has 6 heteroatoms. The van der Waals surface area contributed by atoms with Crippen molar-refractivity contribution >= 4 is 22.8 Å². The smallest absolute Gasteiger partial charge is 0.268 e. The molecular formula is C18H19N5O. The predicted octanol–water partition coefficient (Wildman–Crippen LogP) is 2.56. The van der Waals surface area contributed by atoms with E-state index in [9.17, 15) is 10.1 Å². The molecule has 1 aliphatic carbocycles. The minimum absolute atomic E-state index is 0.161. The molecule has 1 aliphatic heterocycles. The van der Waals surface area contributed by atoms with Crippen LogP contribution in [0.4, 0.5) is 5.69 Å². The van der Waals surface area contributed by atoms with Gasteiger partial charge in [0.2, 0.25) is 0 Å². The first-order chi connectivity index (χ1) is 11.7. The number of hydrogen-bond acceptors (Lipinski definition) is 5. The highest BCUT2D eigenvalue weighted by molar-refractivity contribution is 5.96. The molecule has 2 aliphatic rings. The summed E-state index contributed by atoms with van der Waals surface area (Å²) >= 11 is 0. The highest BCUT2D eigenvalue weighted by Gasteiger charge is 2.40. The monoisotopic (exact) mass is 321 g/mol. The predicted molar refractivity (Wildman–Crippen MR) is 92.7 cm³/mol. The number of aromatic amines is 1. The number of aromatic nitrogens is 2. The lowest BCUT2D eigenvalue weighted by Gasteiger charge is -2.48. The normalized spacial score (nSPS) is 19.0. The van der Waals surface area contributed by atoms with Gasteiger partial charge in [0, 0.05) is 24.7 Å². The fourth-order valence-corrected chi connectivity index (χ4v) is 4.09. The van der Waals surface area contributed by atoms with Crippen molar-refractivity contribution in [3.05, 3.63) is 33.9 Å². The van der Waals surface area contributed by atoms with Gasteiger partial charge in [0.05, 0.1) is 23.1 Å². The van der Waals surface area contributed by atoms with Crippen molar-refractivity contribution in [1.29, 1.82) is 10.7 Å². The molecule has 2 fully saturated rings. The van der Waals surface area contributed by atoms with E-state index in [1.807, 2.05) is 0 Å². The third kappa shape index (κ3) is 2.20. The van der Waals surface area contributed by atoms with E-state index in [0.717, 1.165) is 31.3 Å². The Kier molecular flexibility index (Phi) is 3.38. The van der Waals surface area contributed by atoms with Gasteiger partial charge in [-0.25, -0.2) is 0 Å². The van der Waals surface area contributed by atoms with Gasteiger partial charge >= 0.3 is 0 Å². The highest BCUT2D eigenvalue weighted by Crippen LogP contribution is 2.49. The van der Waals surface area contributed by atoms with E-state index in [1.165, 1.54) is 25.5 Å². The number of hydrogen-bond donors (Lipinski definition) is 2. The maximum atomic E-state index is 12.3. The molecule has 24 heavy (non-hydrogen) atoms. The standard InChI is InChI=1S/C18H19N5O/c19-9-12-8-13-15(11-21-12)22-17(24)14(10-20)16(13)23-6-4-18(5-7-23)2-1-3-18/h8-9,11,19H,1-7H2,(H,22,24). The molecule has 6 nitrogen and oxygen atoms in total. The summed E-state index contributed by atoms with van der Waals surface area (Å²) in [5, 5.41) is 17.7. The fourth-order valence-electron chi connectivity index (χ4n) is 4.09. The molecule has 0 bridgehead atoms. The van der Waals surface area contributed by atoms with Crippen LogP contribution in [-0.2, 0) is 0 Å². The molecule has 3 heterocycles.